The molecule has 1 aromatic carbocycles. The molecular formula is C16H20Cl2FNO2. The summed E-state index contributed by atoms with van der Waals surface area (Å²) in [6, 6.07) is 5.87. The smallest absolute Gasteiger partial charge is 0.229 e. The number of hydrogen-bond acceptors (Lipinski definition) is 2. The number of halogens is 3. The first-order valence-corrected chi connectivity index (χ1v) is 8.09. The van der Waals surface area contributed by atoms with Crippen molar-refractivity contribution in [1.82, 2.24) is 5.32 Å². The summed E-state index contributed by atoms with van der Waals surface area (Å²) in [6.45, 7) is 5.71. The van der Waals surface area contributed by atoms with Crippen molar-refractivity contribution in [2.45, 2.75) is 37.6 Å². The van der Waals surface area contributed by atoms with Crippen LogP contribution in [0, 0.1) is 17.2 Å². The molecule has 3 atom stereocenters. The van der Waals surface area contributed by atoms with Gasteiger partial charge in [-0.2, -0.15) is 0 Å². The van der Waals surface area contributed by atoms with Gasteiger partial charge in [0.1, 0.15) is 10.9 Å². The van der Waals surface area contributed by atoms with Crippen molar-refractivity contribution in [2.75, 3.05) is 6.61 Å². The fourth-order valence-corrected chi connectivity index (χ4v) is 3.89. The lowest BCUT2D eigenvalue weighted by Crippen LogP contribution is -2.43. The zero-order chi connectivity index (χ0) is 16.5. The largest absolute Gasteiger partial charge is 0.488 e. The van der Waals surface area contributed by atoms with Gasteiger partial charge in [0, 0.05) is 5.92 Å². The maximum absolute atomic E-state index is 13.5. The predicted octanol–water partition coefficient (Wildman–Crippen LogP) is 3.93. The SMILES string of the molecule is CC[C@@]1(C(=O)N[C@H](C)COc2ccccc2F)[C@H](C)C1(Cl)Cl. The summed E-state index contributed by atoms with van der Waals surface area (Å²) < 4.78 is 17.8. The molecule has 122 valence electrons. The first-order valence-electron chi connectivity index (χ1n) is 7.33. The molecule has 0 bridgehead atoms. The molecule has 0 unspecified atom stereocenters. The van der Waals surface area contributed by atoms with E-state index in [9.17, 15) is 9.18 Å². The van der Waals surface area contributed by atoms with Crippen molar-refractivity contribution in [3.05, 3.63) is 30.1 Å². The van der Waals surface area contributed by atoms with Crippen LogP contribution in [0.15, 0.2) is 24.3 Å². The highest BCUT2D eigenvalue weighted by atomic mass is 35.5. The highest BCUT2D eigenvalue weighted by molar-refractivity contribution is 6.53. The maximum atomic E-state index is 13.5. The zero-order valence-electron chi connectivity index (χ0n) is 12.8. The third-order valence-corrected chi connectivity index (χ3v) is 5.79. The fraction of sp³-hybridized carbons (Fsp3) is 0.562. The number of benzene rings is 1. The Hall–Kier alpha value is -1.000. The molecule has 0 saturated heterocycles. The van der Waals surface area contributed by atoms with E-state index in [2.05, 4.69) is 5.32 Å². The molecule has 6 heteroatoms. The van der Waals surface area contributed by atoms with Crippen LogP contribution in [0.2, 0.25) is 0 Å². The van der Waals surface area contributed by atoms with E-state index in [4.69, 9.17) is 27.9 Å². The molecular weight excluding hydrogens is 328 g/mol. The minimum atomic E-state index is -1.03. The van der Waals surface area contributed by atoms with E-state index >= 15 is 0 Å². The Labute approximate surface area is 140 Å². The lowest BCUT2D eigenvalue weighted by Gasteiger charge is -2.21. The quantitative estimate of drug-likeness (QED) is 0.791. The average molecular weight is 348 g/mol. The molecule has 0 spiro atoms. The lowest BCUT2D eigenvalue weighted by molar-refractivity contribution is -0.127. The van der Waals surface area contributed by atoms with E-state index in [1.807, 2.05) is 13.8 Å². The summed E-state index contributed by atoms with van der Waals surface area (Å²) in [6.07, 6.45) is 0.563. The van der Waals surface area contributed by atoms with Crippen LogP contribution in [-0.2, 0) is 4.79 Å². The van der Waals surface area contributed by atoms with Crippen LogP contribution in [0.5, 0.6) is 5.75 Å². The Morgan fingerprint density at radius 3 is 2.55 bits per heavy atom. The molecule has 0 aromatic heterocycles. The van der Waals surface area contributed by atoms with Crippen LogP contribution in [0.3, 0.4) is 0 Å². The van der Waals surface area contributed by atoms with Crippen LogP contribution in [0.1, 0.15) is 27.2 Å². The summed E-state index contributed by atoms with van der Waals surface area (Å²) in [7, 11) is 0. The van der Waals surface area contributed by atoms with Gasteiger partial charge in [0.2, 0.25) is 5.91 Å². The third kappa shape index (κ3) is 2.79. The fourth-order valence-electron chi connectivity index (χ4n) is 2.86. The Kier molecular flexibility index (Phi) is 4.93. The molecule has 0 radical (unpaired) electrons. The Balaban J connectivity index is 1.91. The second-order valence-electron chi connectivity index (χ2n) is 5.79. The van der Waals surface area contributed by atoms with Crippen molar-refractivity contribution in [3.8, 4) is 5.75 Å². The van der Waals surface area contributed by atoms with Gasteiger partial charge >= 0.3 is 0 Å². The first-order chi connectivity index (χ1) is 10.3. The highest BCUT2D eigenvalue weighted by Crippen LogP contribution is 2.70. The van der Waals surface area contributed by atoms with E-state index < -0.39 is 15.6 Å². The van der Waals surface area contributed by atoms with Gasteiger partial charge in [0.25, 0.3) is 0 Å². The van der Waals surface area contributed by atoms with E-state index in [-0.39, 0.29) is 30.2 Å². The first kappa shape index (κ1) is 17.4. The molecule has 1 saturated carbocycles. The van der Waals surface area contributed by atoms with Crippen LogP contribution >= 0.6 is 23.2 Å². The summed E-state index contributed by atoms with van der Waals surface area (Å²) in [5.74, 6) is -0.551. The van der Waals surface area contributed by atoms with Gasteiger partial charge in [0.15, 0.2) is 11.6 Å². The van der Waals surface area contributed by atoms with Gasteiger partial charge in [0.05, 0.1) is 11.5 Å². The molecule has 1 aliphatic rings. The molecule has 1 aromatic rings. The Morgan fingerprint density at radius 1 is 1.45 bits per heavy atom. The van der Waals surface area contributed by atoms with Crippen molar-refractivity contribution in [1.29, 1.82) is 0 Å². The third-order valence-electron chi connectivity index (χ3n) is 4.46. The summed E-state index contributed by atoms with van der Waals surface area (Å²) in [5.41, 5.74) is -0.762. The summed E-state index contributed by atoms with van der Waals surface area (Å²) in [5, 5.41) is 2.85. The minimum absolute atomic E-state index is 0.104. The number of amides is 1. The monoisotopic (exact) mass is 347 g/mol. The average Bonchev–Trinajstić information content (AvgIpc) is 2.91. The number of nitrogens with one attached hydrogen (secondary N) is 1. The van der Waals surface area contributed by atoms with Crippen LogP contribution in [0.4, 0.5) is 4.39 Å². The number of ether oxygens (including phenoxy) is 1. The molecule has 1 amide bonds. The van der Waals surface area contributed by atoms with E-state index in [0.717, 1.165) is 0 Å². The Bertz CT molecular complexity index is 567. The van der Waals surface area contributed by atoms with E-state index in [1.54, 1.807) is 25.1 Å². The molecule has 2 rings (SSSR count). The number of para-hydroxylation sites is 1. The Morgan fingerprint density at radius 2 is 2.05 bits per heavy atom. The standard InChI is InChI=1S/C16H20Cl2FNO2/c1-4-15(11(3)16(15,17)18)14(21)20-10(2)9-22-13-8-6-5-7-12(13)19/h5-8,10-11H,4,9H2,1-3H3,(H,20,21)/t10-,11+,15+/m1/s1. The number of carbonyl (C=O) groups excluding carboxylic acids is 1. The van der Waals surface area contributed by atoms with Gasteiger partial charge in [-0.25, -0.2) is 4.39 Å². The number of alkyl halides is 2. The molecule has 0 heterocycles. The minimum Gasteiger partial charge on any atom is -0.488 e. The van der Waals surface area contributed by atoms with Crippen LogP contribution < -0.4 is 10.1 Å². The van der Waals surface area contributed by atoms with Gasteiger partial charge in [-0.3, -0.25) is 4.79 Å². The maximum Gasteiger partial charge on any atom is 0.229 e. The van der Waals surface area contributed by atoms with Crippen LogP contribution in [0.25, 0.3) is 0 Å². The normalized spacial score (nSPS) is 27.1. The highest BCUT2D eigenvalue weighted by Gasteiger charge is 2.76. The molecule has 1 aliphatic carbocycles. The second kappa shape index (κ2) is 6.25. The van der Waals surface area contributed by atoms with E-state index in [1.165, 1.54) is 6.07 Å². The topological polar surface area (TPSA) is 38.3 Å². The predicted molar refractivity (Wildman–Crippen MR) is 85.8 cm³/mol. The van der Waals surface area contributed by atoms with Crippen molar-refractivity contribution < 1.29 is 13.9 Å². The van der Waals surface area contributed by atoms with Crippen LogP contribution in [-0.4, -0.2) is 22.9 Å². The molecule has 1 fully saturated rings. The van der Waals surface area contributed by atoms with Crippen molar-refractivity contribution in [2.24, 2.45) is 11.3 Å². The van der Waals surface area contributed by atoms with Crippen molar-refractivity contribution in [3.63, 3.8) is 0 Å². The molecule has 0 aliphatic heterocycles. The number of rotatable bonds is 6. The van der Waals surface area contributed by atoms with Crippen molar-refractivity contribution >= 4 is 29.1 Å². The molecule has 1 N–H and O–H groups in total. The molecule has 22 heavy (non-hydrogen) atoms. The van der Waals surface area contributed by atoms with Gasteiger partial charge < -0.3 is 10.1 Å². The summed E-state index contributed by atoms with van der Waals surface area (Å²) >= 11 is 12.4. The van der Waals surface area contributed by atoms with E-state index in [0.29, 0.717) is 6.42 Å². The number of carbonyl (C=O) groups is 1. The number of hydrogen-bond donors (Lipinski definition) is 1. The van der Waals surface area contributed by atoms with Gasteiger partial charge in [-0.05, 0) is 25.5 Å². The van der Waals surface area contributed by atoms with Gasteiger partial charge in [-0.1, -0.05) is 26.0 Å². The second-order valence-corrected chi connectivity index (χ2v) is 7.17. The lowest BCUT2D eigenvalue weighted by atomic mass is 9.99. The zero-order valence-corrected chi connectivity index (χ0v) is 14.3. The summed E-state index contributed by atoms with van der Waals surface area (Å²) in [4.78, 5) is 12.5. The molecule has 3 nitrogen and oxygen atoms in total. The van der Waals surface area contributed by atoms with Gasteiger partial charge in [-0.15, -0.1) is 23.2 Å².